The third-order valence-corrected chi connectivity index (χ3v) is 2.52. The molecule has 2 rings (SSSR count). The summed E-state index contributed by atoms with van der Waals surface area (Å²) >= 11 is 0. The number of rotatable bonds is 1. The van der Waals surface area contributed by atoms with Gasteiger partial charge in [0.2, 0.25) is 0 Å². The maximum absolute atomic E-state index is 12.9. The number of hydrogen-bond acceptors (Lipinski definition) is 2. The molecular weight excluding hydrogens is 183 g/mol. The standard InChI is InChI=1S/C11H13FO2/c1-7(13)11-10-3-2-9(12)6-8(10)4-5-14-11/h2-3,6-7,11,13H,4-5H2,1H3. The van der Waals surface area contributed by atoms with Crippen molar-refractivity contribution in [3.8, 4) is 0 Å². The van der Waals surface area contributed by atoms with Crippen molar-refractivity contribution in [3.63, 3.8) is 0 Å². The molecule has 0 aliphatic carbocycles. The monoisotopic (exact) mass is 196 g/mol. The number of ether oxygens (including phenoxy) is 1. The molecule has 1 aromatic carbocycles. The van der Waals surface area contributed by atoms with Crippen LogP contribution in [0, 0.1) is 5.82 Å². The predicted octanol–water partition coefficient (Wildman–Crippen LogP) is 1.82. The second-order valence-electron chi connectivity index (χ2n) is 3.63. The second-order valence-corrected chi connectivity index (χ2v) is 3.63. The van der Waals surface area contributed by atoms with Crippen LogP contribution in [0.2, 0.25) is 0 Å². The van der Waals surface area contributed by atoms with E-state index in [0.29, 0.717) is 6.61 Å². The van der Waals surface area contributed by atoms with E-state index in [1.807, 2.05) is 0 Å². The zero-order valence-corrected chi connectivity index (χ0v) is 8.03. The van der Waals surface area contributed by atoms with E-state index < -0.39 is 6.10 Å². The fraction of sp³-hybridized carbons (Fsp3) is 0.455. The molecule has 0 saturated heterocycles. The van der Waals surface area contributed by atoms with Crippen molar-refractivity contribution in [3.05, 3.63) is 35.1 Å². The average Bonchev–Trinajstić information content (AvgIpc) is 2.16. The molecule has 0 spiro atoms. The molecule has 1 aromatic rings. The number of aliphatic hydroxyl groups excluding tert-OH is 1. The first-order valence-electron chi connectivity index (χ1n) is 4.76. The van der Waals surface area contributed by atoms with Gasteiger partial charge in [0.25, 0.3) is 0 Å². The fourth-order valence-electron chi connectivity index (χ4n) is 1.85. The van der Waals surface area contributed by atoms with Gasteiger partial charge in [-0.3, -0.25) is 0 Å². The quantitative estimate of drug-likeness (QED) is 0.742. The lowest BCUT2D eigenvalue weighted by Gasteiger charge is -2.28. The van der Waals surface area contributed by atoms with Crippen molar-refractivity contribution in [2.24, 2.45) is 0 Å². The van der Waals surface area contributed by atoms with Gasteiger partial charge in [-0.05, 0) is 36.6 Å². The highest BCUT2D eigenvalue weighted by Crippen LogP contribution is 2.29. The molecule has 0 radical (unpaired) electrons. The number of benzene rings is 1. The summed E-state index contributed by atoms with van der Waals surface area (Å²) in [5, 5.41) is 9.47. The number of hydrogen-bond donors (Lipinski definition) is 1. The first-order valence-corrected chi connectivity index (χ1v) is 4.76. The Morgan fingerprint density at radius 2 is 2.36 bits per heavy atom. The van der Waals surface area contributed by atoms with Crippen LogP contribution < -0.4 is 0 Å². The molecular formula is C11H13FO2. The van der Waals surface area contributed by atoms with Gasteiger partial charge in [0.1, 0.15) is 11.9 Å². The van der Waals surface area contributed by atoms with Crippen molar-refractivity contribution in [1.82, 2.24) is 0 Å². The van der Waals surface area contributed by atoms with Gasteiger partial charge in [-0.25, -0.2) is 4.39 Å². The molecule has 0 bridgehead atoms. The minimum absolute atomic E-state index is 0.227. The Hall–Kier alpha value is -0.930. The SMILES string of the molecule is CC(O)C1OCCc2cc(F)ccc21. The van der Waals surface area contributed by atoms with E-state index in [1.54, 1.807) is 13.0 Å². The van der Waals surface area contributed by atoms with Crippen molar-refractivity contribution in [2.75, 3.05) is 6.61 Å². The normalized spacial score (nSPS) is 22.9. The Balaban J connectivity index is 2.40. The molecule has 1 N–H and O–H groups in total. The Morgan fingerprint density at radius 3 is 3.07 bits per heavy atom. The second kappa shape index (κ2) is 3.67. The lowest BCUT2D eigenvalue weighted by molar-refractivity contribution is -0.0386. The summed E-state index contributed by atoms with van der Waals surface area (Å²) in [5.74, 6) is -0.227. The molecule has 14 heavy (non-hydrogen) atoms. The van der Waals surface area contributed by atoms with Crippen molar-refractivity contribution in [1.29, 1.82) is 0 Å². The summed E-state index contributed by atoms with van der Waals surface area (Å²) in [5.41, 5.74) is 1.86. The first-order chi connectivity index (χ1) is 6.68. The fourth-order valence-corrected chi connectivity index (χ4v) is 1.85. The van der Waals surface area contributed by atoms with Crippen LogP contribution in [0.15, 0.2) is 18.2 Å². The van der Waals surface area contributed by atoms with Gasteiger partial charge >= 0.3 is 0 Å². The van der Waals surface area contributed by atoms with Crippen LogP contribution in [0.4, 0.5) is 4.39 Å². The van der Waals surface area contributed by atoms with E-state index in [1.165, 1.54) is 12.1 Å². The summed E-state index contributed by atoms with van der Waals surface area (Å²) in [7, 11) is 0. The Bertz CT molecular complexity index is 336. The molecule has 0 aromatic heterocycles. The van der Waals surface area contributed by atoms with E-state index in [2.05, 4.69) is 0 Å². The average molecular weight is 196 g/mol. The third-order valence-electron chi connectivity index (χ3n) is 2.52. The van der Waals surface area contributed by atoms with Crippen LogP contribution in [0.5, 0.6) is 0 Å². The lowest BCUT2D eigenvalue weighted by atomic mass is 9.95. The zero-order valence-electron chi connectivity index (χ0n) is 8.03. The maximum Gasteiger partial charge on any atom is 0.123 e. The number of fused-ring (bicyclic) bond motifs is 1. The molecule has 2 unspecified atom stereocenters. The van der Waals surface area contributed by atoms with Gasteiger partial charge < -0.3 is 9.84 Å². The van der Waals surface area contributed by atoms with Gasteiger partial charge in [-0.2, -0.15) is 0 Å². The van der Waals surface area contributed by atoms with Gasteiger partial charge in [0.15, 0.2) is 0 Å². The summed E-state index contributed by atoms with van der Waals surface area (Å²) in [6, 6.07) is 4.62. The summed E-state index contributed by atoms with van der Waals surface area (Å²) < 4.78 is 18.4. The number of halogens is 1. The van der Waals surface area contributed by atoms with Crippen LogP contribution in [0.3, 0.4) is 0 Å². The van der Waals surface area contributed by atoms with Gasteiger partial charge in [0.05, 0.1) is 12.7 Å². The highest BCUT2D eigenvalue weighted by Gasteiger charge is 2.24. The maximum atomic E-state index is 12.9. The van der Waals surface area contributed by atoms with E-state index in [4.69, 9.17) is 4.74 Å². The minimum Gasteiger partial charge on any atom is -0.390 e. The number of aliphatic hydroxyl groups is 1. The van der Waals surface area contributed by atoms with Gasteiger partial charge in [-0.1, -0.05) is 6.07 Å². The molecule has 0 saturated carbocycles. The molecule has 1 aliphatic heterocycles. The molecule has 76 valence electrons. The summed E-state index contributed by atoms with van der Waals surface area (Å²) in [6.07, 6.45) is -0.144. The van der Waals surface area contributed by atoms with E-state index in [9.17, 15) is 9.50 Å². The largest absolute Gasteiger partial charge is 0.390 e. The van der Waals surface area contributed by atoms with Crippen LogP contribution in [-0.4, -0.2) is 17.8 Å². The predicted molar refractivity (Wildman–Crippen MR) is 50.5 cm³/mol. The molecule has 2 atom stereocenters. The van der Waals surface area contributed by atoms with Crippen LogP contribution in [0.1, 0.15) is 24.2 Å². The van der Waals surface area contributed by atoms with Crippen LogP contribution in [0.25, 0.3) is 0 Å². The van der Waals surface area contributed by atoms with E-state index >= 15 is 0 Å². The van der Waals surface area contributed by atoms with Crippen molar-refractivity contribution >= 4 is 0 Å². The zero-order chi connectivity index (χ0) is 10.1. The van der Waals surface area contributed by atoms with Crippen LogP contribution >= 0.6 is 0 Å². The highest BCUT2D eigenvalue weighted by atomic mass is 19.1. The molecule has 3 heteroatoms. The summed E-state index contributed by atoms with van der Waals surface area (Å²) in [4.78, 5) is 0. The highest BCUT2D eigenvalue weighted by molar-refractivity contribution is 5.32. The Morgan fingerprint density at radius 1 is 1.57 bits per heavy atom. The van der Waals surface area contributed by atoms with Gasteiger partial charge in [-0.15, -0.1) is 0 Å². The Labute approximate surface area is 82.3 Å². The third kappa shape index (κ3) is 1.65. The first kappa shape index (κ1) is 9.62. The molecule has 2 nitrogen and oxygen atoms in total. The molecule has 0 fully saturated rings. The van der Waals surface area contributed by atoms with Crippen LogP contribution in [-0.2, 0) is 11.2 Å². The minimum atomic E-state index is -0.556. The summed E-state index contributed by atoms with van der Waals surface area (Å²) in [6.45, 7) is 2.23. The van der Waals surface area contributed by atoms with E-state index in [0.717, 1.165) is 17.5 Å². The molecule has 1 heterocycles. The van der Waals surface area contributed by atoms with Crippen molar-refractivity contribution < 1.29 is 14.2 Å². The van der Waals surface area contributed by atoms with E-state index in [-0.39, 0.29) is 11.9 Å². The van der Waals surface area contributed by atoms with Gasteiger partial charge in [0, 0.05) is 0 Å². The Kier molecular flexibility index (Phi) is 2.52. The lowest BCUT2D eigenvalue weighted by Crippen LogP contribution is -2.24. The molecule has 0 amide bonds. The van der Waals surface area contributed by atoms with Crippen molar-refractivity contribution in [2.45, 2.75) is 25.6 Å². The topological polar surface area (TPSA) is 29.5 Å². The smallest absolute Gasteiger partial charge is 0.123 e. The molecule has 1 aliphatic rings.